The maximum absolute atomic E-state index is 13.8. The summed E-state index contributed by atoms with van der Waals surface area (Å²) < 4.78 is 36.4. The van der Waals surface area contributed by atoms with Gasteiger partial charge in [0.15, 0.2) is 0 Å². The highest BCUT2D eigenvalue weighted by Crippen LogP contribution is 2.41. The number of hydrogen-bond donors (Lipinski definition) is 2. The molecule has 2 fully saturated rings. The second-order valence-electron chi connectivity index (χ2n) is 13.5. The fraction of sp³-hybridized carbons (Fsp3) is 0.571. The number of benzene rings is 2. The highest BCUT2D eigenvalue weighted by Gasteiger charge is 2.38. The summed E-state index contributed by atoms with van der Waals surface area (Å²) in [5.74, 6) is 0.671. The number of ether oxygens (including phenoxy) is 1. The Morgan fingerprint density at radius 1 is 1.05 bits per heavy atom. The van der Waals surface area contributed by atoms with Gasteiger partial charge in [-0.3, -0.25) is 4.79 Å². The molecule has 238 valence electrons. The van der Waals surface area contributed by atoms with Gasteiger partial charge >= 0.3 is 0 Å². The minimum atomic E-state index is -3.94. The number of amides is 1. The number of sulfonamides is 1. The molecule has 2 heterocycles. The first-order valence-corrected chi connectivity index (χ1v) is 18.3. The van der Waals surface area contributed by atoms with E-state index in [4.69, 9.17) is 16.3 Å². The van der Waals surface area contributed by atoms with Crippen molar-refractivity contribution >= 4 is 33.2 Å². The van der Waals surface area contributed by atoms with E-state index in [9.17, 15) is 18.3 Å². The van der Waals surface area contributed by atoms with Gasteiger partial charge in [0.1, 0.15) is 12.4 Å². The predicted molar refractivity (Wildman–Crippen MR) is 175 cm³/mol. The SMILES string of the molecule is C[C@H]1C/C=C/[C@H](O)[C@@H]2CC[C@H]2CN2CCCCc3cc(Cl)ccc3COc3ccc(cc32)C(=O)NS(=O)(=O)[C@@H]1CC1CCC1. The summed E-state index contributed by atoms with van der Waals surface area (Å²) in [5, 5.41) is 11.2. The van der Waals surface area contributed by atoms with Crippen LogP contribution < -0.4 is 14.4 Å². The van der Waals surface area contributed by atoms with E-state index in [-0.39, 0.29) is 11.8 Å². The van der Waals surface area contributed by atoms with Gasteiger partial charge in [0.05, 0.1) is 17.0 Å². The molecular formula is C35H45ClN2O5S. The van der Waals surface area contributed by atoms with Crippen molar-refractivity contribution < 1.29 is 23.1 Å². The van der Waals surface area contributed by atoms with Crippen LogP contribution in [0.4, 0.5) is 5.69 Å². The Bertz CT molecular complexity index is 1490. The maximum Gasteiger partial charge on any atom is 0.264 e. The molecule has 4 aliphatic rings. The summed E-state index contributed by atoms with van der Waals surface area (Å²) in [6.45, 7) is 3.79. The lowest BCUT2D eigenvalue weighted by atomic mass is 9.70. The van der Waals surface area contributed by atoms with Crippen LogP contribution >= 0.6 is 11.6 Å². The van der Waals surface area contributed by atoms with Crippen molar-refractivity contribution in [1.29, 1.82) is 0 Å². The monoisotopic (exact) mass is 640 g/mol. The van der Waals surface area contributed by atoms with E-state index in [1.54, 1.807) is 18.2 Å². The lowest BCUT2D eigenvalue weighted by Crippen LogP contribution is -2.44. The molecule has 2 aromatic rings. The molecule has 2 bridgehead atoms. The van der Waals surface area contributed by atoms with E-state index in [2.05, 4.69) is 9.62 Å². The average Bonchev–Trinajstić information content (AvgIpc) is 2.96. The van der Waals surface area contributed by atoms with Crippen molar-refractivity contribution in [2.24, 2.45) is 23.7 Å². The lowest BCUT2D eigenvalue weighted by molar-refractivity contribution is 0.0461. The van der Waals surface area contributed by atoms with Crippen LogP contribution in [-0.2, 0) is 23.1 Å². The van der Waals surface area contributed by atoms with Crippen LogP contribution in [0.15, 0.2) is 48.6 Å². The summed E-state index contributed by atoms with van der Waals surface area (Å²) >= 11 is 6.33. The first-order valence-electron chi connectivity index (χ1n) is 16.4. The minimum absolute atomic E-state index is 0.143. The minimum Gasteiger partial charge on any atom is -0.487 e. The molecule has 0 saturated heterocycles. The fourth-order valence-electron chi connectivity index (χ4n) is 7.35. The number of carbonyl (C=O) groups excluding carboxylic acids is 1. The zero-order valence-electron chi connectivity index (χ0n) is 25.6. The smallest absolute Gasteiger partial charge is 0.264 e. The first-order chi connectivity index (χ1) is 21.2. The number of aliphatic hydroxyl groups excluding tert-OH is 1. The number of nitrogens with zero attached hydrogens (tertiary/aromatic N) is 1. The molecule has 0 radical (unpaired) electrons. The Morgan fingerprint density at radius 2 is 1.89 bits per heavy atom. The Hall–Kier alpha value is -2.55. The van der Waals surface area contributed by atoms with Gasteiger partial charge < -0.3 is 14.7 Å². The molecule has 0 unspecified atom stereocenters. The second kappa shape index (κ2) is 13.4. The third-order valence-corrected chi connectivity index (χ3v) is 12.7. The molecular weight excluding hydrogens is 596 g/mol. The molecule has 6 rings (SSSR count). The standard InChI is InChI=1S/C35H45ClN2O5S/c1-23-6-4-10-32(39)30-15-12-27(30)21-38-17-3-2-9-25-19-29(36)14-11-28(25)22-43-33-16-13-26(20-31(33)38)35(40)37-44(41,42)34(23)18-24-7-5-8-24/h4,10-11,13-14,16,19-20,23-24,27,30,32,34,39H,2-3,5-9,12,15,17-18,21-22H2,1H3,(H,37,40)/b10-4+/t23-,27-,30+,32-,34+/m0/s1. The van der Waals surface area contributed by atoms with E-state index in [0.717, 1.165) is 75.7 Å². The van der Waals surface area contributed by atoms with Gasteiger partial charge in [-0.05, 0) is 110 Å². The van der Waals surface area contributed by atoms with Crippen LogP contribution in [0.3, 0.4) is 0 Å². The number of hydrogen-bond acceptors (Lipinski definition) is 6. The van der Waals surface area contributed by atoms with Crippen molar-refractivity contribution in [1.82, 2.24) is 4.72 Å². The van der Waals surface area contributed by atoms with Crippen molar-refractivity contribution in [2.75, 3.05) is 18.0 Å². The summed E-state index contributed by atoms with van der Waals surface area (Å²) in [6, 6.07) is 11.2. The van der Waals surface area contributed by atoms with Crippen molar-refractivity contribution in [3.63, 3.8) is 0 Å². The number of anilines is 1. The lowest BCUT2D eigenvalue weighted by Gasteiger charge is -2.42. The fourth-order valence-corrected chi connectivity index (χ4v) is 9.32. The molecule has 0 spiro atoms. The number of nitrogens with one attached hydrogen (secondary N) is 1. The average molecular weight is 641 g/mol. The molecule has 9 heteroatoms. The van der Waals surface area contributed by atoms with E-state index >= 15 is 0 Å². The van der Waals surface area contributed by atoms with Crippen molar-refractivity contribution in [3.8, 4) is 5.75 Å². The van der Waals surface area contributed by atoms with Gasteiger partial charge in [-0.2, -0.15) is 0 Å². The molecule has 1 amide bonds. The highest BCUT2D eigenvalue weighted by atomic mass is 35.5. The van der Waals surface area contributed by atoms with E-state index in [1.165, 1.54) is 5.56 Å². The Morgan fingerprint density at radius 3 is 2.64 bits per heavy atom. The van der Waals surface area contributed by atoms with E-state index in [1.807, 2.05) is 37.3 Å². The molecule has 2 saturated carbocycles. The van der Waals surface area contributed by atoms with Gasteiger partial charge in [-0.25, -0.2) is 13.1 Å². The molecule has 44 heavy (non-hydrogen) atoms. The highest BCUT2D eigenvalue weighted by molar-refractivity contribution is 7.90. The summed E-state index contributed by atoms with van der Waals surface area (Å²) in [5.41, 5.74) is 3.35. The molecule has 2 aliphatic heterocycles. The zero-order valence-corrected chi connectivity index (χ0v) is 27.2. The Labute approximate surface area is 267 Å². The largest absolute Gasteiger partial charge is 0.487 e. The molecule has 2 N–H and O–H groups in total. The number of aliphatic hydroxyl groups is 1. The summed E-state index contributed by atoms with van der Waals surface area (Å²) in [6.07, 6.45) is 12.3. The van der Waals surface area contributed by atoms with Crippen LogP contribution in [0, 0.1) is 23.7 Å². The van der Waals surface area contributed by atoms with Crippen LogP contribution in [0.1, 0.15) is 86.2 Å². The second-order valence-corrected chi connectivity index (χ2v) is 15.8. The van der Waals surface area contributed by atoms with Crippen molar-refractivity contribution in [3.05, 3.63) is 70.3 Å². The Kier molecular flexibility index (Phi) is 9.60. The number of fused-ring (bicyclic) bond motifs is 3. The normalized spacial score (nSPS) is 30.2. The van der Waals surface area contributed by atoms with Crippen LogP contribution in [0.5, 0.6) is 5.75 Å². The molecule has 5 atom stereocenters. The number of allylic oxidation sites excluding steroid dienone is 1. The number of carbonyl (C=O) groups is 1. The van der Waals surface area contributed by atoms with Gasteiger partial charge in [0.25, 0.3) is 5.91 Å². The summed E-state index contributed by atoms with van der Waals surface area (Å²) in [4.78, 5) is 15.9. The Balaban J connectivity index is 1.37. The molecule has 2 aliphatic carbocycles. The van der Waals surface area contributed by atoms with Gasteiger partial charge in [0, 0.05) is 23.7 Å². The molecule has 7 nitrogen and oxygen atoms in total. The van der Waals surface area contributed by atoms with Gasteiger partial charge in [-0.1, -0.05) is 56.0 Å². The van der Waals surface area contributed by atoms with E-state index in [0.29, 0.717) is 47.6 Å². The van der Waals surface area contributed by atoms with Crippen LogP contribution in [0.25, 0.3) is 0 Å². The number of rotatable bonds is 2. The van der Waals surface area contributed by atoms with Gasteiger partial charge in [0.2, 0.25) is 10.0 Å². The topological polar surface area (TPSA) is 95.9 Å². The number of halogens is 1. The van der Waals surface area contributed by atoms with Crippen LogP contribution in [0.2, 0.25) is 5.02 Å². The van der Waals surface area contributed by atoms with E-state index < -0.39 is 27.3 Å². The summed E-state index contributed by atoms with van der Waals surface area (Å²) in [7, 11) is -3.94. The first kappa shape index (κ1) is 31.4. The molecule has 0 aromatic heterocycles. The molecule has 2 aromatic carbocycles. The predicted octanol–water partition coefficient (Wildman–Crippen LogP) is 6.66. The maximum atomic E-state index is 13.8. The quantitative estimate of drug-likeness (QED) is 0.356. The zero-order chi connectivity index (χ0) is 30.8. The third kappa shape index (κ3) is 6.97. The van der Waals surface area contributed by atoms with Gasteiger partial charge in [-0.15, -0.1) is 0 Å². The third-order valence-electron chi connectivity index (χ3n) is 10.5. The van der Waals surface area contributed by atoms with Crippen molar-refractivity contribution in [2.45, 2.75) is 89.1 Å². The van der Waals surface area contributed by atoms with Crippen LogP contribution in [-0.4, -0.2) is 43.9 Å². The number of aryl methyl sites for hydroxylation is 1.